The lowest BCUT2D eigenvalue weighted by Gasteiger charge is -2.23. The van der Waals surface area contributed by atoms with Crippen molar-refractivity contribution in [3.8, 4) is 0 Å². The average molecular weight is 401 g/mol. The van der Waals surface area contributed by atoms with Gasteiger partial charge in [0.25, 0.3) is 0 Å². The van der Waals surface area contributed by atoms with Crippen LogP contribution in [-0.2, 0) is 9.47 Å². The van der Waals surface area contributed by atoms with Crippen LogP contribution in [0.2, 0.25) is 0 Å². The van der Waals surface area contributed by atoms with Crippen molar-refractivity contribution in [1.29, 1.82) is 0 Å². The number of allylic oxidation sites excluding steroid dienone is 1. The first kappa shape index (κ1) is 25.4. The highest BCUT2D eigenvalue weighted by Crippen LogP contribution is 2.20. The number of aliphatic hydroxyl groups is 3. The van der Waals surface area contributed by atoms with Gasteiger partial charge in [-0.25, -0.2) is 0 Å². The minimum absolute atomic E-state index is 0.0777. The molecule has 1 fully saturated rings. The molecule has 3 N–H and O–H groups in total. The van der Waals surface area contributed by atoms with Crippen LogP contribution in [-0.4, -0.2) is 52.9 Å². The Morgan fingerprint density at radius 1 is 0.893 bits per heavy atom. The van der Waals surface area contributed by atoms with Gasteiger partial charge in [0.15, 0.2) is 0 Å². The van der Waals surface area contributed by atoms with E-state index in [0.717, 1.165) is 12.8 Å². The SMILES string of the molecule is CCCCCCCCCCCCCCC/C=C/O[C@@H](CO)[C@H]1OC[C@@H](O)[C@H]1O. The van der Waals surface area contributed by atoms with Gasteiger partial charge in [0, 0.05) is 0 Å². The third kappa shape index (κ3) is 11.4. The summed E-state index contributed by atoms with van der Waals surface area (Å²) < 4.78 is 10.8. The first-order chi connectivity index (χ1) is 13.7. The van der Waals surface area contributed by atoms with Crippen LogP contribution in [0.25, 0.3) is 0 Å². The van der Waals surface area contributed by atoms with Gasteiger partial charge in [0.1, 0.15) is 24.4 Å². The van der Waals surface area contributed by atoms with Gasteiger partial charge < -0.3 is 24.8 Å². The molecule has 4 atom stereocenters. The van der Waals surface area contributed by atoms with E-state index in [0.29, 0.717) is 0 Å². The van der Waals surface area contributed by atoms with E-state index in [2.05, 4.69) is 6.92 Å². The number of ether oxygens (including phenoxy) is 2. The summed E-state index contributed by atoms with van der Waals surface area (Å²) in [5, 5.41) is 28.7. The number of unbranched alkanes of at least 4 members (excludes halogenated alkanes) is 13. The molecule has 5 heteroatoms. The lowest BCUT2D eigenvalue weighted by molar-refractivity contribution is -0.0737. The largest absolute Gasteiger partial charge is 0.493 e. The summed E-state index contributed by atoms with van der Waals surface area (Å²) in [7, 11) is 0. The molecule has 28 heavy (non-hydrogen) atoms. The van der Waals surface area contributed by atoms with Crippen LogP contribution in [0, 0.1) is 0 Å². The second-order valence-electron chi connectivity index (χ2n) is 8.12. The Balaban J connectivity index is 1.89. The van der Waals surface area contributed by atoms with E-state index < -0.39 is 24.4 Å². The Kier molecular flexibility index (Phi) is 15.7. The molecule has 1 saturated heterocycles. The molecule has 0 saturated carbocycles. The zero-order chi connectivity index (χ0) is 20.5. The minimum Gasteiger partial charge on any atom is -0.493 e. The molecule has 0 spiro atoms. The maximum Gasteiger partial charge on any atom is 0.149 e. The van der Waals surface area contributed by atoms with E-state index in [4.69, 9.17) is 9.47 Å². The fourth-order valence-corrected chi connectivity index (χ4v) is 3.68. The molecule has 0 unspecified atom stereocenters. The van der Waals surface area contributed by atoms with Crippen LogP contribution < -0.4 is 0 Å². The van der Waals surface area contributed by atoms with E-state index in [1.807, 2.05) is 6.08 Å². The van der Waals surface area contributed by atoms with E-state index in [1.54, 1.807) is 6.26 Å². The van der Waals surface area contributed by atoms with Crippen LogP contribution in [0.15, 0.2) is 12.3 Å². The van der Waals surface area contributed by atoms with Gasteiger partial charge in [0.2, 0.25) is 0 Å². The molecule has 0 aliphatic carbocycles. The smallest absolute Gasteiger partial charge is 0.149 e. The van der Waals surface area contributed by atoms with E-state index in [-0.39, 0.29) is 13.2 Å². The Labute approximate surface area is 172 Å². The molecule has 0 amide bonds. The summed E-state index contributed by atoms with van der Waals surface area (Å²) in [6.45, 7) is 2.09. The van der Waals surface area contributed by atoms with Gasteiger partial charge >= 0.3 is 0 Å². The van der Waals surface area contributed by atoms with Gasteiger partial charge in [0.05, 0.1) is 19.5 Å². The first-order valence-corrected chi connectivity index (χ1v) is 11.6. The van der Waals surface area contributed by atoms with E-state index in [1.165, 1.54) is 77.0 Å². The summed E-state index contributed by atoms with van der Waals surface area (Å²) in [5.74, 6) is 0. The van der Waals surface area contributed by atoms with Gasteiger partial charge in [-0.1, -0.05) is 84.0 Å². The van der Waals surface area contributed by atoms with Crippen LogP contribution in [0.5, 0.6) is 0 Å². The number of aliphatic hydroxyl groups excluding tert-OH is 3. The molecule has 0 aromatic heterocycles. The monoisotopic (exact) mass is 400 g/mol. The van der Waals surface area contributed by atoms with Gasteiger partial charge in [-0.05, 0) is 18.9 Å². The molecular formula is C23H44O5. The van der Waals surface area contributed by atoms with Crippen molar-refractivity contribution in [2.45, 2.75) is 121 Å². The van der Waals surface area contributed by atoms with Crippen molar-refractivity contribution >= 4 is 0 Å². The van der Waals surface area contributed by atoms with Gasteiger partial charge in [-0.3, -0.25) is 0 Å². The number of hydrogen-bond donors (Lipinski definition) is 3. The molecular weight excluding hydrogens is 356 g/mol. The first-order valence-electron chi connectivity index (χ1n) is 11.6. The standard InChI is InChI=1S/C23H44O5/c1-2-3-4-5-6-7-8-9-10-11-12-13-14-15-16-17-27-21(18-24)23-22(26)20(25)19-28-23/h16-17,20-26H,2-15,18-19H2,1H3/b17-16+/t20-,21+,22-,23-/m1/s1. The van der Waals surface area contributed by atoms with Crippen LogP contribution in [0.3, 0.4) is 0 Å². The van der Waals surface area contributed by atoms with Gasteiger partial charge in [-0.2, -0.15) is 0 Å². The minimum atomic E-state index is -1.01. The highest BCUT2D eigenvalue weighted by atomic mass is 16.6. The van der Waals surface area contributed by atoms with Crippen LogP contribution >= 0.6 is 0 Å². The van der Waals surface area contributed by atoms with E-state index in [9.17, 15) is 15.3 Å². The molecule has 1 rings (SSSR count). The Morgan fingerprint density at radius 2 is 1.43 bits per heavy atom. The highest BCUT2D eigenvalue weighted by molar-refractivity contribution is 4.90. The topological polar surface area (TPSA) is 79.2 Å². The summed E-state index contributed by atoms with van der Waals surface area (Å²) in [6, 6.07) is 0. The number of rotatable bonds is 18. The molecule has 0 bridgehead atoms. The quantitative estimate of drug-likeness (QED) is 0.233. The van der Waals surface area contributed by atoms with Crippen molar-refractivity contribution in [3.63, 3.8) is 0 Å². The Morgan fingerprint density at radius 3 is 1.89 bits per heavy atom. The average Bonchev–Trinajstić information content (AvgIpc) is 3.03. The summed E-state index contributed by atoms with van der Waals surface area (Å²) in [5.41, 5.74) is 0. The molecule has 1 aliphatic rings. The highest BCUT2D eigenvalue weighted by Gasteiger charge is 2.40. The molecule has 1 aliphatic heterocycles. The van der Waals surface area contributed by atoms with Crippen molar-refractivity contribution in [3.05, 3.63) is 12.3 Å². The second-order valence-corrected chi connectivity index (χ2v) is 8.12. The molecule has 0 radical (unpaired) electrons. The third-order valence-electron chi connectivity index (χ3n) is 5.56. The Hall–Kier alpha value is -0.620. The zero-order valence-corrected chi connectivity index (χ0v) is 17.9. The fraction of sp³-hybridized carbons (Fsp3) is 0.913. The van der Waals surface area contributed by atoms with Gasteiger partial charge in [-0.15, -0.1) is 0 Å². The van der Waals surface area contributed by atoms with Crippen LogP contribution in [0.4, 0.5) is 0 Å². The predicted octanol–water partition coefficient (Wildman–Crippen LogP) is 4.48. The second kappa shape index (κ2) is 17.3. The van der Waals surface area contributed by atoms with Crippen LogP contribution in [0.1, 0.15) is 96.8 Å². The summed E-state index contributed by atoms with van der Waals surface area (Å²) in [6.07, 6.45) is 18.8. The molecule has 166 valence electrons. The zero-order valence-electron chi connectivity index (χ0n) is 17.9. The molecule has 0 aromatic carbocycles. The van der Waals surface area contributed by atoms with Crippen molar-refractivity contribution in [2.75, 3.05) is 13.2 Å². The maximum atomic E-state index is 9.80. The molecule has 1 heterocycles. The normalized spacial score (nSPS) is 23.5. The lowest BCUT2D eigenvalue weighted by atomic mass is 10.0. The Bertz CT molecular complexity index is 374. The molecule has 0 aromatic rings. The predicted molar refractivity (Wildman–Crippen MR) is 113 cm³/mol. The number of hydrogen-bond acceptors (Lipinski definition) is 5. The van der Waals surface area contributed by atoms with E-state index >= 15 is 0 Å². The summed E-state index contributed by atoms with van der Waals surface area (Å²) in [4.78, 5) is 0. The fourth-order valence-electron chi connectivity index (χ4n) is 3.68. The molecule has 5 nitrogen and oxygen atoms in total. The van der Waals surface area contributed by atoms with Crippen molar-refractivity contribution in [1.82, 2.24) is 0 Å². The van der Waals surface area contributed by atoms with Crippen molar-refractivity contribution in [2.24, 2.45) is 0 Å². The third-order valence-corrected chi connectivity index (χ3v) is 5.56. The maximum absolute atomic E-state index is 9.80. The lowest BCUT2D eigenvalue weighted by Crippen LogP contribution is -2.41. The van der Waals surface area contributed by atoms with Crippen molar-refractivity contribution < 1.29 is 24.8 Å². The summed E-state index contributed by atoms with van der Waals surface area (Å²) >= 11 is 0.